The second-order valence-electron chi connectivity index (χ2n) is 6.69. The predicted molar refractivity (Wildman–Crippen MR) is 98.8 cm³/mol. The zero-order valence-electron chi connectivity index (χ0n) is 15.1. The number of para-hydroxylation sites is 1. The average molecular weight is 373 g/mol. The third-order valence-corrected chi connectivity index (χ3v) is 5.02. The van der Waals surface area contributed by atoms with Crippen LogP contribution in [0.1, 0.15) is 18.4 Å². The molecule has 0 spiro atoms. The highest BCUT2D eigenvalue weighted by Gasteiger charge is 2.30. The van der Waals surface area contributed by atoms with Gasteiger partial charge in [-0.3, -0.25) is 19.7 Å². The summed E-state index contributed by atoms with van der Waals surface area (Å²) in [6.45, 7) is 3.47. The second kappa shape index (κ2) is 8.77. The molecular formula is C19H23N3O5. The molecule has 144 valence electrons. The average Bonchev–Trinajstić information content (AvgIpc) is 2.72. The Morgan fingerprint density at radius 1 is 1.07 bits per heavy atom. The van der Waals surface area contributed by atoms with E-state index in [9.17, 15) is 19.7 Å². The molecule has 0 unspecified atom stereocenters. The van der Waals surface area contributed by atoms with Crippen molar-refractivity contribution in [2.24, 2.45) is 5.92 Å². The number of amides is 2. The first-order chi connectivity index (χ1) is 13.1. The summed E-state index contributed by atoms with van der Waals surface area (Å²) >= 11 is 0. The molecule has 0 saturated carbocycles. The quantitative estimate of drug-likeness (QED) is 0.455. The van der Waals surface area contributed by atoms with E-state index in [1.54, 1.807) is 23.1 Å². The molecule has 2 aliphatic heterocycles. The first-order valence-corrected chi connectivity index (χ1v) is 9.13. The van der Waals surface area contributed by atoms with Crippen LogP contribution in [0, 0.1) is 16.0 Å². The van der Waals surface area contributed by atoms with Crippen LogP contribution in [0.3, 0.4) is 0 Å². The van der Waals surface area contributed by atoms with Crippen LogP contribution in [-0.2, 0) is 14.3 Å². The topological polar surface area (TPSA) is 93.0 Å². The van der Waals surface area contributed by atoms with Gasteiger partial charge in [0.2, 0.25) is 11.8 Å². The SMILES string of the molecule is O=C(/C=C/c1ccccc1[N+](=O)[O-])N1CCC(C(=O)N2CCOCC2)CC1. The molecule has 8 nitrogen and oxygen atoms in total. The predicted octanol–water partition coefficient (Wildman–Crippen LogP) is 1.71. The number of carbonyl (C=O) groups is 2. The number of rotatable bonds is 4. The molecule has 27 heavy (non-hydrogen) atoms. The van der Waals surface area contributed by atoms with Gasteiger partial charge in [-0.2, -0.15) is 0 Å². The van der Waals surface area contributed by atoms with Gasteiger partial charge in [-0.25, -0.2) is 0 Å². The lowest BCUT2D eigenvalue weighted by molar-refractivity contribution is -0.385. The van der Waals surface area contributed by atoms with Crippen LogP contribution >= 0.6 is 0 Å². The van der Waals surface area contributed by atoms with E-state index in [4.69, 9.17) is 4.74 Å². The number of nitrogens with zero attached hydrogens (tertiary/aromatic N) is 3. The molecule has 2 saturated heterocycles. The summed E-state index contributed by atoms with van der Waals surface area (Å²) in [5.41, 5.74) is 0.365. The molecule has 0 aromatic heterocycles. The standard InChI is InChI=1S/C19H23N3O5/c23-18(6-5-15-3-1-2-4-17(15)22(25)26)20-9-7-16(8-10-20)19(24)21-11-13-27-14-12-21/h1-6,16H,7-14H2/b6-5+. The Bertz CT molecular complexity index is 735. The Kier molecular flexibility index (Phi) is 6.18. The lowest BCUT2D eigenvalue weighted by Crippen LogP contribution is -2.47. The normalized spacial score (nSPS) is 18.7. The molecule has 2 heterocycles. The Balaban J connectivity index is 1.54. The number of likely N-dealkylation sites (tertiary alicyclic amines) is 1. The molecule has 8 heteroatoms. The van der Waals surface area contributed by atoms with Crippen LogP contribution in [0.25, 0.3) is 6.08 Å². The first kappa shape index (κ1) is 19.0. The minimum absolute atomic E-state index is 0.0311. The fraction of sp³-hybridized carbons (Fsp3) is 0.474. The van der Waals surface area contributed by atoms with Crippen LogP contribution in [0.2, 0.25) is 0 Å². The minimum atomic E-state index is -0.465. The van der Waals surface area contributed by atoms with Crippen LogP contribution in [0.4, 0.5) is 5.69 Å². The number of carbonyl (C=O) groups excluding carboxylic acids is 2. The Morgan fingerprint density at radius 2 is 1.74 bits per heavy atom. The van der Waals surface area contributed by atoms with Gasteiger partial charge in [0.15, 0.2) is 0 Å². The molecule has 0 radical (unpaired) electrons. The van der Waals surface area contributed by atoms with Gasteiger partial charge >= 0.3 is 0 Å². The van der Waals surface area contributed by atoms with Crippen molar-refractivity contribution in [2.75, 3.05) is 39.4 Å². The smallest absolute Gasteiger partial charge is 0.276 e. The van der Waals surface area contributed by atoms with Gasteiger partial charge in [-0.15, -0.1) is 0 Å². The van der Waals surface area contributed by atoms with Gasteiger partial charge in [0.1, 0.15) is 0 Å². The van der Waals surface area contributed by atoms with E-state index in [-0.39, 0.29) is 23.4 Å². The van der Waals surface area contributed by atoms with E-state index in [0.29, 0.717) is 57.8 Å². The molecule has 2 fully saturated rings. The summed E-state index contributed by atoms with van der Waals surface area (Å²) in [7, 11) is 0. The highest BCUT2D eigenvalue weighted by molar-refractivity contribution is 5.92. The van der Waals surface area contributed by atoms with E-state index in [1.807, 2.05) is 4.90 Å². The molecule has 2 amide bonds. The Hall–Kier alpha value is -2.74. The Morgan fingerprint density at radius 3 is 2.41 bits per heavy atom. The number of piperidine rings is 1. The summed E-state index contributed by atoms with van der Waals surface area (Å²) in [6, 6.07) is 6.30. The van der Waals surface area contributed by atoms with Gasteiger partial charge in [0.25, 0.3) is 5.69 Å². The summed E-state index contributed by atoms with van der Waals surface area (Å²) in [6.07, 6.45) is 4.13. The molecule has 1 aromatic rings. The van der Waals surface area contributed by atoms with Crippen LogP contribution in [0.5, 0.6) is 0 Å². The van der Waals surface area contributed by atoms with Gasteiger partial charge in [-0.05, 0) is 25.0 Å². The van der Waals surface area contributed by atoms with Gasteiger partial charge < -0.3 is 14.5 Å². The summed E-state index contributed by atoms with van der Waals surface area (Å²) < 4.78 is 5.28. The number of nitro groups is 1. The summed E-state index contributed by atoms with van der Waals surface area (Å²) in [4.78, 5) is 39.0. The molecule has 0 atom stereocenters. The second-order valence-corrected chi connectivity index (χ2v) is 6.69. The highest BCUT2D eigenvalue weighted by atomic mass is 16.6. The maximum Gasteiger partial charge on any atom is 0.276 e. The van der Waals surface area contributed by atoms with E-state index in [1.165, 1.54) is 18.2 Å². The van der Waals surface area contributed by atoms with Crippen molar-refractivity contribution in [3.05, 3.63) is 46.0 Å². The van der Waals surface area contributed by atoms with Crippen molar-refractivity contribution in [3.63, 3.8) is 0 Å². The van der Waals surface area contributed by atoms with Crippen LogP contribution in [-0.4, -0.2) is 65.9 Å². The number of nitro benzene ring substituents is 1. The molecule has 0 aliphatic carbocycles. The molecule has 1 aromatic carbocycles. The molecular weight excluding hydrogens is 350 g/mol. The van der Waals surface area contributed by atoms with E-state index in [2.05, 4.69) is 0 Å². The molecule has 2 aliphatic rings. The minimum Gasteiger partial charge on any atom is -0.378 e. The van der Waals surface area contributed by atoms with Crippen molar-refractivity contribution in [3.8, 4) is 0 Å². The molecule has 0 N–H and O–H groups in total. The van der Waals surface area contributed by atoms with Crippen molar-refractivity contribution in [2.45, 2.75) is 12.8 Å². The highest BCUT2D eigenvalue weighted by Crippen LogP contribution is 2.22. The van der Waals surface area contributed by atoms with E-state index in [0.717, 1.165) is 0 Å². The largest absolute Gasteiger partial charge is 0.378 e. The zero-order chi connectivity index (χ0) is 19.2. The lowest BCUT2D eigenvalue weighted by atomic mass is 9.95. The molecule has 3 rings (SSSR count). The van der Waals surface area contributed by atoms with Crippen LogP contribution in [0.15, 0.2) is 30.3 Å². The first-order valence-electron chi connectivity index (χ1n) is 9.13. The number of hydrogen-bond acceptors (Lipinski definition) is 5. The third-order valence-electron chi connectivity index (χ3n) is 5.02. The van der Waals surface area contributed by atoms with E-state index >= 15 is 0 Å². The van der Waals surface area contributed by atoms with E-state index < -0.39 is 4.92 Å². The fourth-order valence-corrected chi connectivity index (χ4v) is 3.45. The van der Waals surface area contributed by atoms with Crippen molar-refractivity contribution in [1.29, 1.82) is 0 Å². The molecule has 0 bridgehead atoms. The number of morpholine rings is 1. The van der Waals surface area contributed by atoms with Crippen molar-refractivity contribution < 1.29 is 19.2 Å². The number of ether oxygens (including phenoxy) is 1. The number of hydrogen-bond donors (Lipinski definition) is 0. The summed E-state index contributed by atoms with van der Waals surface area (Å²) in [5, 5.41) is 11.0. The van der Waals surface area contributed by atoms with Gasteiger partial charge in [-0.1, -0.05) is 12.1 Å². The maximum atomic E-state index is 12.5. The lowest BCUT2D eigenvalue weighted by Gasteiger charge is -2.35. The van der Waals surface area contributed by atoms with Crippen molar-refractivity contribution >= 4 is 23.6 Å². The number of benzene rings is 1. The van der Waals surface area contributed by atoms with Crippen LogP contribution < -0.4 is 0 Å². The van der Waals surface area contributed by atoms with Gasteiger partial charge in [0, 0.05) is 44.2 Å². The van der Waals surface area contributed by atoms with Gasteiger partial charge in [0.05, 0.1) is 23.7 Å². The fourth-order valence-electron chi connectivity index (χ4n) is 3.45. The Labute approximate surface area is 157 Å². The summed E-state index contributed by atoms with van der Waals surface area (Å²) in [5.74, 6) is -0.0855. The monoisotopic (exact) mass is 373 g/mol. The third kappa shape index (κ3) is 4.71. The zero-order valence-corrected chi connectivity index (χ0v) is 15.1. The maximum absolute atomic E-state index is 12.5. The van der Waals surface area contributed by atoms with Crippen molar-refractivity contribution in [1.82, 2.24) is 9.80 Å².